The number of ether oxygens (including phenoxy) is 1. The molecule has 8 heteroatoms. The van der Waals surface area contributed by atoms with Gasteiger partial charge < -0.3 is 10.1 Å². The third-order valence-corrected chi connectivity index (χ3v) is 5.72. The Hall–Kier alpha value is -2.61. The summed E-state index contributed by atoms with van der Waals surface area (Å²) in [7, 11) is -3.47. The first-order valence-corrected chi connectivity index (χ1v) is 11.6. The maximum Gasteiger partial charge on any atom is 0.232 e. The van der Waals surface area contributed by atoms with E-state index in [9.17, 15) is 17.6 Å². The smallest absolute Gasteiger partial charge is 0.232 e. The van der Waals surface area contributed by atoms with E-state index in [0.29, 0.717) is 24.4 Å². The second kappa shape index (κ2) is 10.4. The molecule has 0 bridgehead atoms. The summed E-state index contributed by atoms with van der Waals surface area (Å²) in [4.78, 5) is 12.1. The first-order valence-electron chi connectivity index (χ1n) is 9.78. The van der Waals surface area contributed by atoms with Gasteiger partial charge in [-0.15, -0.1) is 0 Å². The number of hydrogen-bond acceptors (Lipinski definition) is 4. The number of amides is 1. The number of carbonyl (C=O) groups is 1. The molecule has 0 atom stereocenters. The Morgan fingerprint density at radius 2 is 1.70 bits per heavy atom. The Morgan fingerprint density at radius 1 is 1.10 bits per heavy atom. The van der Waals surface area contributed by atoms with Crippen LogP contribution in [0.25, 0.3) is 0 Å². The zero-order valence-electron chi connectivity index (χ0n) is 17.9. The maximum absolute atomic E-state index is 12.8. The van der Waals surface area contributed by atoms with Gasteiger partial charge in [0.25, 0.3) is 0 Å². The van der Waals surface area contributed by atoms with E-state index >= 15 is 0 Å². The summed E-state index contributed by atoms with van der Waals surface area (Å²) in [5.41, 5.74) is 3.53. The first kappa shape index (κ1) is 23.7. The lowest BCUT2D eigenvalue weighted by Gasteiger charge is -2.26. The zero-order valence-corrected chi connectivity index (χ0v) is 18.7. The molecule has 0 aliphatic heterocycles. The number of benzene rings is 2. The summed E-state index contributed by atoms with van der Waals surface area (Å²) >= 11 is 0. The number of aryl methyl sites for hydroxylation is 3. The monoisotopic (exact) mass is 436 g/mol. The minimum absolute atomic E-state index is 0.177. The van der Waals surface area contributed by atoms with E-state index in [4.69, 9.17) is 4.74 Å². The average molecular weight is 437 g/mol. The highest BCUT2D eigenvalue weighted by Gasteiger charge is 2.21. The lowest BCUT2D eigenvalue weighted by molar-refractivity contribution is -0.121. The lowest BCUT2D eigenvalue weighted by Crippen LogP contribution is -2.33. The molecule has 2 rings (SSSR count). The van der Waals surface area contributed by atoms with Crippen molar-refractivity contribution in [3.05, 3.63) is 58.9 Å². The van der Waals surface area contributed by atoms with Crippen molar-refractivity contribution >= 4 is 21.6 Å². The summed E-state index contributed by atoms with van der Waals surface area (Å²) in [6, 6.07) is 9.55. The Kier molecular flexibility index (Phi) is 8.23. The predicted molar refractivity (Wildman–Crippen MR) is 117 cm³/mol. The van der Waals surface area contributed by atoms with Crippen molar-refractivity contribution in [2.45, 2.75) is 33.6 Å². The molecule has 0 aliphatic carbocycles. The van der Waals surface area contributed by atoms with Gasteiger partial charge in [-0.25, -0.2) is 12.8 Å². The van der Waals surface area contributed by atoms with Gasteiger partial charge in [0.2, 0.25) is 15.9 Å². The molecule has 1 amide bonds. The molecule has 0 spiro atoms. The van der Waals surface area contributed by atoms with Gasteiger partial charge in [-0.3, -0.25) is 9.10 Å². The SMILES string of the molecule is Cc1cc(C)c(N(CCCC(=O)NCCOc2ccc(F)cc2)S(C)(=O)=O)c(C)c1. The number of nitrogens with one attached hydrogen (secondary N) is 1. The zero-order chi connectivity index (χ0) is 22.3. The molecular weight excluding hydrogens is 407 g/mol. The molecule has 30 heavy (non-hydrogen) atoms. The van der Waals surface area contributed by atoms with Crippen LogP contribution in [0.4, 0.5) is 10.1 Å². The molecule has 0 unspecified atom stereocenters. The molecule has 0 aromatic heterocycles. The van der Waals surface area contributed by atoms with Crippen molar-refractivity contribution in [1.29, 1.82) is 0 Å². The van der Waals surface area contributed by atoms with E-state index in [1.165, 1.54) is 34.8 Å². The number of rotatable bonds is 10. The number of anilines is 1. The lowest BCUT2D eigenvalue weighted by atomic mass is 10.0. The van der Waals surface area contributed by atoms with Crippen molar-refractivity contribution in [1.82, 2.24) is 5.32 Å². The quantitative estimate of drug-likeness (QED) is 0.579. The van der Waals surface area contributed by atoms with Crippen LogP contribution in [0.5, 0.6) is 5.75 Å². The molecule has 2 aromatic carbocycles. The van der Waals surface area contributed by atoms with Gasteiger partial charge in [0.05, 0.1) is 18.5 Å². The molecule has 164 valence electrons. The fraction of sp³-hybridized carbons (Fsp3) is 0.409. The molecule has 0 aliphatic rings. The van der Waals surface area contributed by atoms with E-state index in [-0.39, 0.29) is 31.3 Å². The fourth-order valence-corrected chi connectivity index (χ4v) is 4.45. The minimum Gasteiger partial charge on any atom is -0.492 e. The number of nitrogens with zero attached hydrogens (tertiary/aromatic N) is 1. The number of carbonyl (C=O) groups excluding carboxylic acids is 1. The van der Waals surface area contributed by atoms with E-state index in [1.54, 1.807) is 0 Å². The molecule has 0 saturated carbocycles. The van der Waals surface area contributed by atoms with Crippen LogP contribution in [-0.4, -0.2) is 40.3 Å². The van der Waals surface area contributed by atoms with Gasteiger partial charge in [0.1, 0.15) is 18.2 Å². The second-order valence-corrected chi connectivity index (χ2v) is 9.25. The van der Waals surface area contributed by atoms with Crippen molar-refractivity contribution in [3.63, 3.8) is 0 Å². The highest BCUT2D eigenvalue weighted by Crippen LogP contribution is 2.28. The average Bonchev–Trinajstić information content (AvgIpc) is 2.64. The highest BCUT2D eigenvalue weighted by atomic mass is 32.2. The van der Waals surface area contributed by atoms with Crippen LogP contribution in [0.3, 0.4) is 0 Å². The summed E-state index contributed by atoms with van der Waals surface area (Å²) < 4.78 is 44.3. The molecular formula is C22H29FN2O4S. The first-order chi connectivity index (χ1) is 14.1. The standard InChI is InChI=1S/C22H29FN2O4S/c1-16-14-17(2)22(18(3)15-16)25(30(4,27)28)12-5-6-21(26)24-11-13-29-20-9-7-19(23)8-10-20/h7-10,14-15H,5-6,11-13H2,1-4H3,(H,24,26). The van der Waals surface area contributed by atoms with Crippen molar-refractivity contribution in [2.24, 2.45) is 0 Å². The molecule has 0 heterocycles. The summed E-state index contributed by atoms with van der Waals surface area (Å²) in [5.74, 6) is 0.0107. The molecule has 2 aromatic rings. The second-order valence-electron chi connectivity index (χ2n) is 7.34. The Bertz CT molecular complexity index is 952. The maximum atomic E-state index is 12.8. The van der Waals surface area contributed by atoms with Crippen LogP contribution < -0.4 is 14.4 Å². The fourth-order valence-electron chi connectivity index (χ4n) is 3.37. The van der Waals surface area contributed by atoms with Gasteiger partial charge in [-0.1, -0.05) is 17.7 Å². The Balaban J connectivity index is 1.84. The van der Waals surface area contributed by atoms with Crippen LogP contribution in [0, 0.1) is 26.6 Å². The number of sulfonamides is 1. The van der Waals surface area contributed by atoms with Crippen molar-refractivity contribution < 1.29 is 22.3 Å². The number of halogens is 1. The van der Waals surface area contributed by atoms with E-state index in [1.807, 2.05) is 32.9 Å². The molecule has 1 N–H and O–H groups in total. The molecule has 0 saturated heterocycles. The Morgan fingerprint density at radius 3 is 2.27 bits per heavy atom. The molecule has 0 fully saturated rings. The van der Waals surface area contributed by atoms with Gasteiger partial charge >= 0.3 is 0 Å². The van der Waals surface area contributed by atoms with Crippen LogP contribution in [0.15, 0.2) is 36.4 Å². The van der Waals surface area contributed by atoms with Crippen molar-refractivity contribution in [2.75, 3.05) is 30.3 Å². The molecule has 0 radical (unpaired) electrons. The van der Waals surface area contributed by atoms with E-state index in [2.05, 4.69) is 5.32 Å². The largest absolute Gasteiger partial charge is 0.492 e. The Labute approximate surface area is 178 Å². The van der Waals surface area contributed by atoms with Crippen LogP contribution >= 0.6 is 0 Å². The van der Waals surface area contributed by atoms with Gasteiger partial charge in [0, 0.05) is 13.0 Å². The topological polar surface area (TPSA) is 75.7 Å². The summed E-state index contributed by atoms with van der Waals surface area (Å²) in [6.07, 6.45) is 1.77. The highest BCUT2D eigenvalue weighted by molar-refractivity contribution is 7.92. The van der Waals surface area contributed by atoms with Crippen LogP contribution in [0.1, 0.15) is 29.5 Å². The third kappa shape index (κ3) is 7.02. The van der Waals surface area contributed by atoms with Crippen molar-refractivity contribution in [3.8, 4) is 5.75 Å². The van der Waals surface area contributed by atoms with Gasteiger partial charge in [-0.2, -0.15) is 0 Å². The van der Waals surface area contributed by atoms with E-state index < -0.39 is 10.0 Å². The summed E-state index contributed by atoms with van der Waals surface area (Å²) in [5, 5.41) is 2.74. The summed E-state index contributed by atoms with van der Waals surface area (Å²) in [6.45, 7) is 6.54. The van der Waals surface area contributed by atoms with Crippen LogP contribution in [-0.2, 0) is 14.8 Å². The third-order valence-electron chi connectivity index (χ3n) is 4.56. The minimum atomic E-state index is -3.47. The normalized spacial score (nSPS) is 11.2. The van der Waals surface area contributed by atoms with Gasteiger partial charge in [-0.05, 0) is 62.6 Å². The van der Waals surface area contributed by atoms with E-state index in [0.717, 1.165) is 16.7 Å². The number of hydrogen-bond donors (Lipinski definition) is 1. The van der Waals surface area contributed by atoms with Crippen LogP contribution in [0.2, 0.25) is 0 Å². The molecule has 6 nitrogen and oxygen atoms in total. The van der Waals surface area contributed by atoms with Gasteiger partial charge in [0.15, 0.2) is 0 Å². The predicted octanol–water partition coefficient (Wildman–Crippen LogP) is 3.49.